The van der Waals surface area contributed by atoms with E-state index in [2.05, 4.69) is 10.3 Å². The lowest BCUT2D eigenvalue weighted by atomic mass is 10.1. The summed E-state index contributed by atoms with van der Waals surface area (Å²) in [6.07, 6.45) is 1.83. The van der Waals surface area contributed by atoms with Crippen LogP contribution in [0.15, 0.2) is 90.0 Å². The molecule has 3 aromatic carbocycles. The number of carbonyl (C=O) groups is 2. The minimum absolute atomic E-state index is 0.0132. The summed E-state index contributed by atoms with van der Waals surface area (Å²) in [5, 5.41) is 11.9. The maximum absolute atomic E-state index is 12.9. The van der Waals surface area contributed by atoms with Gasteiger partial charge in [-0.25, -0.2) is 13.9 Å². The van der Waals surface area contributed by atoms with E-state index in [4.69, 9.17) is 33.1 Å². The zero-order valence-electron chi connectivity index (χ0n) is 20.8. The van der Waals surface area contributed by atoms with E-state index in [1.165, 1.54) is 47.9 Å². The Kier molecular flexibility index (Phi) is 9.38. The predicted octanol–water partition coefficient (Wildman–Crippen LogP) is 5.67. The summed E-state index contributed by atoms with van der Waals surface area (Å²) in [7, 11) is -3.70. The van der Waals surface area contributed by atoms with Crippen molar-refractivity contribution in [2.75, 3.05) is 17.7 Å². The molecule has 0 aliphatic carbocycles. The number of anilines is 1. The second kappa shape index (κ2) is 12.9. The monoisotopic (exact) mass is 599 g/mol. The van der Waals surface area contributed by atoms with Gasteiger partial charge in [-0.05, 0) is 79.2 Å². The third-order valence-electron chi connectivity index (χ3n) is 5.75. The molecule has 1 heterocycles. The lowest BCUT2D eigenvalue weighted by Gasteiger charge is -2.11. The van der Waals surface area contributed by atoms with Crippen molar-refractivity contribution in [3.8, 4) is 17.0 Å². The van der Waals surface area contributed by atoms with Crippen LogP contribution in [0.2, 0.25) is 10.0 Å². The Morgan fingerprint density at radius 3 is 2.35 bits per heavy atom. The van der Waals surface area contributed by atoms with E-state index in [0.29, 0.717) is 27.7 Å². The van der Waals surface area contributed by atoms with Gasteiger partial charge in [-0.15, -0.1) is 0 Å². The molecule has 0 radical (unpaired) electrons. The fourth-order valence-corrected chi connectivity index (χ4v) is 5.57. The van der Waals surface area contributed by atoms with Crippen molar-refractivity contribution in [2.24, 2.45) is 0 Å². The minimum atomic E-state index is -3.70. The molecule has 40 heavy (non-hydrogen) atoms. The first kappa shape index (κ1) is 29.0. The van der Waals surface area contributed by atoms with Crippen molar-refractivity contribution >= 4 is 50.5 Å². The second-order valence-corrected chi connectivity index (χ2v) is 11.4. The Labute approximate surface area is 240 Å². The van der Waals surface area contributed by atoms with E-state index in [9.17, 15) is 18.0 Å². The van der Waals surface area contributed by atoms with Crippen molar-refractivity contribution in [3.05, 3.63) is 106 Å². The molecule has 0 saturated carbocycles. The van der Waals surface area contributed by atoms with Gasteiger partial charge in [0.1, 0.15) is 5.75 Å². The maximum Gasteiger partial charge on any atom is 0.274 e. The molecule has 0 bridgehead atoms. The number of nitrogens with zero attached hydrogens (tertiary/aromatic N) is 1. The number of amides is 2. The molecule has 2 amide bonds. The highest BCUT2D eigenvalue weighted by Crippen LogP contribution is 2.30. The zero-order chi connectivity index (χ0) is 28.7. The smallest absolute Gasteiger partial charge is 0.274 e. The highest BCUT2D eigenvalue weighted by Gasteiger charge is 2.19. The number of sulfone groups is 1. The Hall–Kier alpha value is -3.96. The molecule has 1 aromatic heterocycles. The van der Waals surface area contributed by atoms with Gasteiger partial charge in [-0.3, -0.25) is 19.8 Å². The standard InChI is InChI=1S/C28H23Cl2N3O6S/c29-24-12-7-19(16-23(24)26-4-1-2-13-31-26)32-28(35)22-11-10-21(17-25(22)30)40(37,38)15-3-14-39-20-8-5-18(6-9-20)27(34)33-36/h1-2,4-13,16-17,36H,3,14-15H2,(H,32,35)(H,33,34). The summed E-state index contributed by atoms with van der Waals surface area (Å²) < 4.78 is 31.2. The average molecular weight is 600 g/mol. The van der Waals surface area contributed by atoms with Gasteiger partial charge in [0.05, 0.1) is 38.6 Å². The fourth-order valence-electron chi connectivity index (χ4n) is 3.72. The molecule has 3 N–H and O–H groups in total. The number of nitrogens with one attached hydrogen (secondary N) is 2. The van der Waals surface area contributed by atoms with Gasteiger partial charge in [0.25, 0.3) is 11.8 Å². The summed E-state index contributed by atoms with van der Waals surface area (Å²) in [5.74, 6) is -0.933. The molecule has 0 atom stereocenters. The number of carbonyl (C=O) groups excluding carboxylic acids is 2. The third-order valence-corrected chi connectivity index (χ3v) is 8.19. The van der Waals surface area contributed by atoms with E-state index in [1.807, 2.05) is 6.07 Å². The van der Waals surface area contributed by atoms with Crippen LogP contribution in [0, 0.1) is 0 Å². The fraction of sp³-hybridized carbons (Fsp3) is 0.107. The Morgan fingerprint density at radius 2 is 1.68 bits per heavy atom. The van der Waals surface area contributed by atoms with Crippen LogP contribution in [0.25, 0.3) is 11.3 Å². The lowest BCUT2D eigenvalue weighted by molar-refractivity contribution is 0.0706. The molecule has 12 heteroatoms. The molecule has 0 saturated heterocycles. The van der Waals surface area contributed by atoms with E-state index in [0.717, 1.165) is 0 Å². The van der Waals surface area contributed by atoms with Gasteiger partial charge >= 0.3 is 0 Å². The topological polar surface area (TPSA) is 135 Å². The van der Waals surface area contributed by atoms with Gasteiger partial charge < -0.3 is 10.1 Å². The van der Waals surface area contributed by atoms with E-state index in [-0.39, 0.29) is 39.8 Å². The summed E-state index contributed by atoms with van der Waals surface area (Å²) in [5.41, 5.74) is 3.64. The van der Waals surface area contributed by atoms with Gasteiger partial charge in [0.15, 0.2) is 9.84 Å². The minimum Gasteiger partial charge on any atom is -0.494 e. The van der Waals surface area contributed by atoms with Crippen LogP contribution >= 0.6 is 23.2 Å². The molecule has 0 spiro atoms. The van der Waals surface area contributed by atoms with Crippen LogP contribution in [0.3, 0.4) is 0 Å². The highest BCUT2D eigenvalue weighted by molar-refractivity contribution is 7.91. The average Bonchev–Trinajstić information content (AvgIpc) is 2.96. The number of ether oxygens (including phenoxy) is 1. The van der Waals surface area contributed by atoms with Crippen molar-refractivity contribution in [2.45, 2.75) is 11.3 Å². The first-order chi connectivity index (χ1) is 19.2. The van der Waals surface area contributed by atoms with Crippen molar-refractivity contribution in [1.29, 1.82) is 0 Å². The molecule has 0 fully saturated rings. The summed E-state index contributed by atoms with van der Waals surface area (Å²) in [6, 6.07) is 20.3. The van der Waals surface area contributed by atoms with Crippen LogP contribution in [0.5, 0.6) is 5.75 Å². The van der Waals surface area contributed by atoms with Crippen molar-refractivity contribution in [1.82, 2.24) is 10.5 Å². The van der Waals surface area contributed by atoms with E-state index >= 15 is 0 Å². The van der Waals surface area contributed by atoms with Crippen LogP contribution in [0.1, 0.15) is 27.1 Å². The number of benzene rings is 3. The zero-order valence-corrected chi connectivity index (χ0v) is 23.1. The quantitative estimate of drug-likeness (QED) is 0.121. The lowest BCUT2D eigenvalue weighted by Crippen LogP contribution is -2.18. The number of hydrogen-bond acceptors (Lipinski definition) is 7. The molecule has 0 aliphatic heterocycles. The SMILES string of the molecule is O=C(NO)c1ccc(OCCCS(=O)(=O)c2ccc(C(=O)Nc3ccc(Cl)c(-c4ccccn4)c3)c(Cl)c2)cc1. The predicted molar refractivity (Wildman–Crippen MR) is 152 cm³/mol. The first-order valence-electron chi connectivity index (χ1n) is 11.9. The van der Waals surface area contributed by atoms with Crippen molar-refractivity contribution < 1.29 is 28.0 Å². The highest BCUT2D eigenvalue weighted by atomic mass is 35.5. The number of hydroxylamine groups is 1. The van der Waals surface area contributed by atoms with Crippen LogP contribution < -0.4 is 15.5 Å². The van der Waals surface area contributed by atoms with Gasteiger partial charge in [-0.1, -0.05) is 29.3 Å². The third kappa shape index (κ3) is 7.16. The Morgan fingerprint density at radius 1 is 0.900 bits per heavy atom. The number of aromatic nitrogens is 1. The van der Waals surface area contributed by atoms with Gasteiger partial charge in [-0.2, -0.15) is 0 Å². The van der Waals surface area contributed by atoms with Crippen LogP contribution in [-0.4, -0.2) is 42.8 Å². The summed E-state index contributed by atoms with van der Waals surface area (Å²) >= 11 is 12.6. The van der Waals surface area contributed by atoms with E-state index < -0.39 is 21.7 Å². The number of halogens is 2. The summed E-state index contributed by atoms with van der Waals surface area (Å²) in [6.45, 7) is 0.112. The largest absolute Gasteiger partial charge is 0.494 e. The van der Waals surface area contributed by atoms with Crippen LogP contribution in [-0.2, 0) is 9.84 Å². The van der Waals surface area contributed by atoms with Gasteiger partial charge in [0.2, 0.25) is 0 Å². The summed E-state index contributed by atoms with van der Waals surface area (Å²) in [4.78, 5) is 28.5. The Bertz CT molecular complexity index is 1630. The van der Waals surface area contributed by atoms with Gasteiger partial charge in [0, 0.05) is 23.0 Å². The number of rotatable bonds is 10. The maximum atomic E-state index is 12.9. The molecule has 4 aromatic rings. The molecular formula is C28H23Cl2N3O6S. The second-order valence-electron chi connectivity index (χ2n) is 8.49. The molecular weight excluding hydrogens is 577 g/mol. The molecule has 0 unspecified atom stereocenters. The van der Waals surface area contributed by atoms with E-state index in [1.54, 1.807) is 36.5 Å². The molecule has 0 aliphatic rings. The molecule has 4 rings (SSSR count). The molecule has 206 valence electrons. The Balaban J connectivity index is 1.36. The first-order valence-corrected chi connectivity index (χ1v) is 14.3. The molecule has 9 nitrogen and oxygen atoms in total. The number of pyridine rings is 1. The van der Waals surface area contributed by atoms with Crippen LogP contribution in [0.4, 0.5) is 5.69 Å². The van der Waals surface area contributed by atoms with Crippen molar-refractivity contribution in [3.63, 3.8) is 0 Å². The number of hydrogen-bond donors (Lipinski definition) is 3. The normalized spacial score (nSPS) is 11.1.